The molecule has 2 rings (SSSR count). The van der Waals surface area contributed by atoms with Gasteiger partial charge in [-0.15, -0.1) is 0 Å². The number of methoxy groups -OCH3 is 1. The molecule has 0 fully saturated rings. The van der Waals surface area contributed by atoms with Gasteiger partial charge in [-0.1, -0.05) is 0 Å². The minimum atomic E-state index is 0.240. The van der Waals surface area contributed by atoms with Crippen molar-refractivity contribution in [3.05, 3.63) is 30.4 Å². The van der Waals surface area contributed by atoms with Crippen LogP contribution in [0.1, 0.15) is 25.7 Å². The first kappa shape index (κ1) is 13.2. The molecule has 0 atom stereocenters. The molecule has 1 aromatic heterocycles. The van der Waals surface area contributed by atoms with Gasteiger partial charge >= 0.3 is 0 Å². The molecule has 1 aromatic carbocycles. The Morgan fingerprint density at radius 2 is 2.11 bits per heavy atom. The second-order valence-electron chi connectivity index (χ2n) is 4.41. The molecule has 0 aliphatic carbocycles. The number of rotatable bonds is 5. The van der Waals surface area contributed by atoms with E-state index in [4.69, 9.17) is 15.2 Å². The molecule has 0 saturated heterocycles. The molecule has 0 unspecified atom stereocenters. The van der Waals surface area contributed by atoms with Gasteiger partial charge in [0.25, 0.3) is 0 Å². The van der Waals surface area contributed by atoms with Crippen LogP contribution in [0.2, 0.25) is 0 Å². The van der Waals surface area contributed by atoms with Gasteiger partial charge in [0, 0.05) is 17.8 Å². The van der Waals surface area contributed by atoms with Gasteiger partial charge in [0.15, 0.2) is 17.3 Å². The van der Waals surface area contributed by atoms with Gasteiger partial charge in [-0.3, -0.25) is 0 Å². The maximum atomic E-state index is 5.74. The Morgan fingerprint density at radius 1 is 1.32 bits per heavy atom. The summed E-state index contributed by atoms with van der Waals surface area (Å²) in [6.45, 7) is 4.40. The van der Waals surface area contributed by atoms with E-state index >= 15 is 0 Å². The SMILES string of the molecule is COc1ccc(N)cc1OCc1ncnn1C(C)C. The number of ether oxygens (including phenoxy) is 2. The summed E-state index contributed by atoms with van der Waals surface area (Å²) in [6.07, 6.45) is 1.52. The van der Waals surface area contributed by atoms with Crippen LogP contribution in [0.4, 0.5) is 5.69 Å². The lowest BCUT2D eigenvalue weighted by Gasteiger charge is -2.13. The van der Waals surface area contributed by atoms with Crippen molar-refractivity contribution in [2.75, 3.05) is 12.8 Å². The van der Waals surface area contributed by atoms with Crippen molar-refractivity contribution in [3.63, 3.8) is 0 Å². The molecular weight excluding hydrogens is 244 g/mol. The zero-order valence-electron chi connectivity index (χ0n) is 11.3. The van der Waals surface area contributed by atoms with Crippen LogP contribution in [0.15, 0.2) is 24.5 Å². The van der Waals surface area contributed by atoms with Crippen LogP contribution in [0.25, 0.3) is 0 Å². The smallest absolute Gasteiger partial charge is 0.165 e. The van der Waals surface area contributed by atoms with E-state index < -0.39 is 0 Å². The van der Waals surface area contributed by atoms with Gasteiger partial charge in [-0.2, -0.15) is 5.10 Å². The third-order valence-corrected chi connectivity index (χ3v) is 2.68. The second-order valence-corrected chi connectivity index (χ2v) is 4.41. The minimum absolute atomic E-state index is 0.240. The molecule has 19 heavy (non-hydrogen) atoms. The van der Waals surface area contributed by atoms with Crippen molar-refractivity contribution in [2.24, 2.45) is 0 Å². The quantitative estimate of drug-likeness (QED) is 0.834. The van der Waals surface area contributed by atoms with E-state index in [1.54, 1.807) is 25.3 Å². The molecule has 2 aromatic rings. The molecule has 0 bridgehead atoms. The summed E-state index contributed by atoms with van der Waals surface area (Å²) in [6, 6.07) is 5.51. The zero-order valence-corrected chi connectivity index (χ0v) is 11.3. The number of hydrogen-bond donors (Lipinski definition) is 1. The summed E-state index contributed by atoms with van der Waals surface area (Å²) < 4.78 is 12.8. The summed E-state index contributed by atoms with van der Waals surface area (Å²) in [5, 5.41) is 4.16. The molecular formula is C13H18N4O2. The number of nitrogens with zero attached hydrogens (tertiary/aromatic N) is 3. The van der Waals surface area contributed by atoms with Crippen LogP contribution >= 0.6 is 0 Å². The average molecular weight is 262 g/mol. The number of nitrogen functional groups attached to an aromatic ring is 1. The van der Waals surface area contributed by atoms with Crippen molar-refractivity contribution >= 4 is 5.69 Å². The highest BCUT2D eigenvalue weighted by molar-refractivity contribution is 5.51. The van der Waals surface area contributed by atoms with Crippen LogP contribution in [-0.4, -0.2) is 21.9 Å². The first-order valence-electron chi connectivity index (χ1n) is 6.06. The first-order chi connectivity index (χ1) is 9.11. The highest BCUT2D eigenvalue weighted by Gasteiger charge is 2.10. The molecule has 0 spiro atoms. The summed E-state index contributed by atoms with van der Waals surface area (Å²) >= 11 is 0. The van der Waals surface area contributed by atoms with Gasteiger partial charge in [0.2, 0.25) is 0 Å². The molecule has 2 N–H and O–H groups in total. The fraction of sp³-hybridized carbons (Fsp3) is 0.385. The Labute approximate surface area is 112 Å². The Morgan fingerprint density at radius 3 is 2.79 bits per heavy atom. The highest BCUT2D eigenvalue weighted by Crippen LogP contribution is 2.29. The summed E-state index contributed by atoms with van der Waals surface area (Å²) in [5.41, 5.74) is 6.37. The molecule has 1 heterocycles. The molecule has 6 nitrogen and oxygen atoms in total. The second kappa shape index (κ2) is 5.60. The number of benzene rings is 1. The van der Waals surface area contributed by atoms with E-state index in [1.807, 2.05) is 18.5 Å². The molecule has 6 heteroatoms. The van der Waals surface area contributed by atoms with Gasteiger partial charge in [-0.05, 0) is 26.0 Å². The van der Waals surface area contributed by atoms with Crippen molar-refractivity contribution in [2.45, 2.75) is 26.5 Å². The van der Waals surface area contributed by atoms with E-state index in [0.29, 0.717) is 23.8 Å². The minimum Gasteiger partial charge on any atom is -0.493 e. The standard InChI is InChI=1S/C13H18N4O2/c1-9(2)17-13(15-8-16-17)7-19-12-6-10(14)4-5-11(12)18-3/h4-6,8-9H,7,14H2,1-3H3. The fourth-order valence-corrected chi connectivity index (χ4v) is 1.76. The number of aromatic nitrogens is 3. The fourth-order valence-electron chi connectivity index (χ4n) is 1.76. The normalized spacial score (nSPS) is 10.7. The topological polar surface area (TPSA) is 75.2 Å². The van der Waals surface area contributed by atoms with E-state index in [-0.39, 0.29) is 6.04 Å². The van der Waals surface area contributed by atoms with Crippen molar-refractivity contribution in [1.29, 1.82) is 0 Å². The average Bonchev–Trinajstić information content (AvgIpc) is 2.85. The summed E-state index contributed by atoms with van der Waals surface area (Å²) in [5.74, 6) is 2.00. The third-order valence-electron chi connectivity index (χ3n) is 2.68. The van der Waals surface area contributed by atoms with E-state index in [9.17, 15) is 0 Å². The molecule has 0 radical (unpaired) electrons. The Bertz CT molecular complexity index is 551. The predicted molar refractivity (Wildman–Crippen MR) is 72.1 cm³/mol. The van der Waals surface area contributed by atoms with Crippen LogP contribution < -0.4 is 15.2 Å². The molecule has 0 saturated carbocycles. The van der Waals surface area contributed by atoms with Crippen LogP contribution in [0.5, 0.6) is 11.5 Å². The molecule has 0 amide bonds. The van der Waals surface area contributed by atoms with Crippen molar-refractivity contribution in [3.8, 4) is 11.5 Å². The third kappa shape index (κ3) is 2.96. The van der Waals surface area contributed by atoms with Gasteiger partial charge in [0.1, 0.15) is 12.9 Å². The Kier molecular flexibility index (Phi) is 3.89. The molecule has 102 valence electrons. The lowest BCUT2D eigenvalue weighted by atomic mass is 10.3. The van der Waals surface area contributed by atoms with Crippen LogP contribution in [-0.2, 0) is 6.61 Å². The molecule has 0 aliphatic heterocycles. The van der Waals surface area contributed by atoms with Crippen LogP contribution in [0, 0.1) is 0 Å². The number of nitrogens with two attached hydrogens (primary N) is 1. The van der Waals surface area contributed by atoms with Gasteiger partial charge < -0.3 is 15.2 Å². The number of anilines is 1. The Balaban J connectivity index is 2.14. The zero-order chi connectivity index (χ0) is 13.8. The first-order valence-corrected chi connectivity index (χ1v) is 6.06. The Hall–Kier alpha value is -2.24. The van der Waals surface area contributed by atoms with E-state index in [2.05, 4.69) is 10.1 Å². The van der Waals surface area contributed by atoms with Crippen LogP contribution in [0.3, 0.4) is 0 Å². The highest BCUT2D eigenvalue weighted by atomic mass is 16.5. The van der Waals surface area contributed by atoms with Gasteiger partial charge in [0.05, 0.1) is 7.11 Å². The van der Waals surface area contributed by atoms with E-state index in [0.717, 1.165) is 5.82 Å². The summed E-state index contributed by atoms with van der Waals surface area (Å²) in [7, 11) is 1.59. The van der Waals surface area contributed by atoms with Crippen molar-refractivity contribution in [1.82, 2.24) is 14.8 Å². The maximum Gasteiger partial charge on any atom is 0.165 e. The largest absolute Gasteiger partial charge is 0.493 e. The lowest BCUT2D eigenvalue weighted by molar-refractivity contribution is 0.266. The molecule has 0 aliphatic rings. The monoisotopic (exact) mass is 262 g/mol. The maximum absolute atomic E-state index is 5.74. The van der Waals surface area contributed by atoms with Crippen molar-refractivity contribution < 1.29 is 9.47 Å². The predicted octanol–water partition coefficient (Wildman–Crippen LogP) is 2.03. The number of hydrogen-bond acceptors (Lipinski definition) is 5. The van der Waals surface area contributed by atoms with E-state index in [1.165, 1.54) is 6.33 Å². The summed E-state index contributed by atoms with van der Waals surface area (Å²) in [4.78, 5) is 4.19. The lowest BCUT2D eigenvalue weighted by Crippen LogP contribution is -2.11. The van der Waals surface area contributed by atoms with Gasteiger partial charge in [-0.25, -0.2) is 9.67 Å².